The van der Waals surface area contributed by atoms with Gasteiger partial charge in [0, 0.05) is 13.0 Å². The van der Waals surface area contributed by atoms with Gasteiger partial charge >= 0.3 is 12.0 Å². The Morgan fingerprint density at radius 2 is 1.95 bits per heavy atom. The Morgan fingerprint density at radius 3 is 2.57 bits per heavy atom. The van der Waals surface area contributed by atoms with Gasteiger partial charge in [-0.3, -0.25) is 4.79 Å². The van der Waals surface area contributed by atoms with Crippen LogP contribution in [0.1, 0.15) is 37.3 Å². The quantitative estimate of drug-likeness (QED) is 0.507. The van der Waals surface area contributed by atoms with Gasteiger partial charge in [0.05, 0.1) is 12.5 Å². The average molecular weight is 288 g/mol. The number of hydrogen-bond donors (Lipinski definition) is 3. The molecule has 1 rings (SSSR count). The Labute approximate surface area is 124 Å². The van der Waals surface area contributed by atoms with Gasteiger partial charge in [-0.25, -0.2) is 4.79 Å². The van der Waals surface area contributed by atoms with E-state index in [1.54, 1.807) is 12.1 Å². The fraction of sp³-hybridized carbons (Fsp3) is 0.375. The zero-order valence-electron chi connectivity index (χ0n) is 11.8. The van der Waals surface area contributed by atoms with Crippen molar-refractivity contribution in [2.45, 2.75) is 31.7 Å². The molecule has 0 saturated carbocycles. The summed E-state index contributed by atoms with van der Waals surface area (Å²) < 4.78 is 0. The van der Waals surface area contributed by atoms with E-state index in [1.807, 2.05) is 18.2 Å². The lowest BCUT2D eigenvalue weighted by Crippen LogP contribution is -2.39. The summed E-state index contributed by atoms with van der Waals surface area (Å²) in [6, 6.07) is 8.13. The summed E-state index contributed by atoms with van der Waals surface area (Å²) in [6.07, 6.45) is 7.33. The van der Waals surface area contributed by atoms with E-state index >= 15 is 0 Å². The van der Waals surface area contributed by atoms with Crippen LogP contribution in [0.25, 0.3) is 0 Å². The monoisotopic (exact) mass is 288 g/mol. The van der Waals surface area contributed by atoms with Gasteiger partial charge in [-0.15, -0.1) is 12.3 Å². The molecule has 21 heavy (non-hydrogen) atoms. The van der Waals surface area contributed by atoms with Crippen LogP contribution in [-0.2, 0) is 4.79 Å². The first-order valence-corrected chi connectivity index (χ1v) is 6.88. The van der Waals surface area contributed by atoms with Gasteiger partial charge in [0.15, 0.2) is 0 Å². The molecule has 0 spiro atoms. The number of aliphatic carboxylic acids is 1. The molecule has 0 aliphatic carbocycles. The molecule has 1 unspecified atom stereocenters. The van der Waals surface area contributed by atoms with E-state index in [-0.39, 0.29) is 12.5 Å². The average Bonchev–Trinajstić information content (AvgIpc) is 2.47. The van der Waals surface area contributed by atoms with Crippen molar-refractivity contribution in [1.82, 2.24) is 10.6 Å². The van der Waals surface area contributed by atoms with E-state index in [0.29, 0.717) is 13.0 Å². The van der Waals surface area contributed by atoms with Crippen LogP contribution in [0.3, 0.4) is 0 Å². The summed E-state index contributed by atoms with van der Waals surface area (Å²) in [5, 5.41) is 14.3. The van der Waals surface area contributed by atoms with Crippen molar-refractivity contribution in [3.05, 3.63) is 35.9 Å². The van der Waals surface area contributed by atoms with Gasteiger partial charge in [-0.1, -0.05) is 30.3 Å². The molecule has 1 atom stereocenters. The molecule has 0 saturated heterocycles. The Morgan fingerprint density at radius 1 is 1.24 bits per heavy atom. The third-order valence-electron chi connectivity index (χ3n) is 2.92. The van der Waals surface area contributed by atoms with E-state index in [9.17, 15) is 9.59 Å². The summed E-state index contributed by atoms with van der Waals surface area (Å²) in [5.41, 5.74) is 0.766. The van der Waals surface area contributed by atoms with Crippen molar-refractivity contribution >= 4 is 12.0 Å². The van der Waals surface area contributed by atoms with E-state index in [0.717, 1.165) is 18.4 Å². The van der Waals surface area contributed by atoms with Crippen LogP contribution in [0.15, 0.2) is 30.3 Å². The van der Waals surface area contributed by atoms with E-state index in [4.69, 9.17) is 11.5 Å². The largest absolute Gasteiger partial charge is 0.481 e. The number of hydrogen-bond acceptors (Lipinski definition) is 2. The minimum Gasteiger partial charge on any atom is -0.481 e. The molecule has 3 N–H and O–H groups in total. The Balaban J connectivity index is 2.47. The number of terminal acetylenes is 1. The van der Waals surface area contributed by atoms with Crippen LogP contribution in [0.4, 0.5) is 4.79 Å². The summed E-state index contributed by atoms with van der Waals surface area (Å²) in [7, 11) is 0. The molecule has 0 bridgehead atoms. The van der Waals surface area contributed by atoms with Gasteiger partial charge in [-0.05, 0) is 18.4 Å². The Bertz CT molecular complexity index is 494. The predicted molar refractivity (Wildman–Crippen MR) is 80.7 cm³/mol. The number of nitrogens with one attached hydrogen (secondary N) is 2. The van der Waals surface area contributed by atoms with Crippen LogP contribution in [0, 0.1) is 12.3 Å². The highest BCUT2D eigenvalue weighted by Gasteiger charge is 2.17. The number of rotatable bonds is 8. The molecule has 1 aromatic rings. The zero-order chi connectivity index (χ0) is 15.5. The number of benzene rings is 1. The molecular formula is C16H20N2O3. The molecule has 0 aliphatic heterocycles. The van der Waals surface area contributed by atoms with Crippen LogP contribution in [-0.4, -0.2) is 23.7 Å². The minimum atomic E-state index is -0.960. The molecular weight excluding hydrogens is 268 g/mol. The van der Waals surface area contributed by atoms with E-state index < -0.39 is 12.0 Å². The number of urea groups is 1. The number of unbranched alkanes of at least 4 members (excludes halogenated alkanes) is 2. The second-order valence-corrected chi connectivity index (χ2v) is 4.62. The van der Waals surface area contributed by atoms with Gasteiger partial charge in [0.25, 0.3) is 0 Å². The molecule has 112 valence electrons. The molecule has 0 aliphatic rings. The normalized spacial score (nSPS) is 11.2. The Hall–Kier alpha value is -2.48. The third kappa shape index (κ3) is 7.02. The second-order valence-electron chi connectivity index (χ2n) is 4.62. The highest BCUT2D eigenvalue weighted by molar-refractivity contribution is 5.76. The van der Waals surface area contributed by atoms with Crippen molar-refractivity contribution < 1.29 is 14.7 Å². The number of carbonyl (C=O) groups is 2. The maximum Gasteiger partial charge on any atom is 0.315 e. The first-order chi connectivity index (χ1) is 10.1. The van der Waals surface area contributed by atoms with Crippen molar-refractivity contribution in [3.63, 3.8) is 0 Å². The smallest absolute Gasteiger partial charge is 0.315 e. The summed E-state index contributed by atoms with van der Waals surface area (Å²) in [4.78, 5) is 22.7. The first-order valence-electron chi connectivity index (χ1n) is 6.88. The van der Waals surface area contributed by atoms with Crippen molar-refractivity contribution in [2.24, 2.45) is 0 Å². The van der Waals surface area contributed by atoms with Crippen LogP contribution in [0.5, 0.6) is 0 Å². The van der Waals surface area contributed by atoms with Gasteiger partial charge in [-0.2, -0.15) is 0 Å². The molecule has 2 amide bonds. The van der Waals surface area contributed by atoms with E-state index in [2.05, 4.69) is 16.6 Å². The lowest BCUT2D eigenvalue weighted by Gasteiger charge is -2.17. The number of amides is 2. The van der Waals surface area contributed by atoms with Crippen molar-refractivity contribution in [1.29, 1.82) is 0 Å². The molecule has 0 aromatic heterocycles. The maximum absolute atomic E-state index is 11.8. The van der Waals surface area contributed by atoms with Gasteiger partial charge in [0.1, 0.15) is 0 Å². The summed E-state index contributed by atoms with van der Waals surface area (Å²) in [6.45, 7) is 0.516. The minimum absolute atomic E-state index is 0.158. The van der Waals surface area contributed by atoms with Crippen LogP contribution in [0.2, 0.25) is 0 Å². The topological polar surface area (TPSA) is 78.4 Å². The standard InChI is InChI=1S/C16H20N2O3/c1-2-3-4-8-11-17-16(21)18-14(12-15(19)20)13-9-6-5-7-10-13/h1,5-7,9-10,14H,3-4,8,11-12H2,(H,19,20)(H2,17,18,21). The third-order valence-corrected chi connectivity index (χ3v) is 2.92. The highest BCUT2D eigenvalue weighted by atomic mass is 16.4. The fourth-order valence-corrected chi connectivity index (χ4v) is 1.88. The van der Waals surface area contributed by atoms with E-state index in [1.165, 1.54) is 0 Å². The number of carboxylic acid groups (broad SMARTS) is 1. The molecule has 0 fully saturated rings. The summed E-state index contributed by atoms with van der Waals surface area (Å²) in [5.74, 6) is 1.58. The number of carbonyl (C=O) groups excluding carboxylic acids is 1. The molecule has 1 aromatic carbocycles. The maximum atomic E-state index is 11.8. The molecule has 5 nitrogen and oxygen atoms in total. The fourth-order valence-electron chi connectivity index (χ4n) is 1.88. The van der Waals surface area contributed by atoms with Crippen molar-refractivity contribution in [3.8, 4) is 12.3 Å². The van der Waals surface area contributed by atoms with Gasteiger partial charge < -0.3 is 15.7 Å². The van der Waals surface area contributed by atoms with Crippen LogP contribution >= 0.6 is 0 Å². The molecule has 5 heteroatoms. The number of carboxylic acids is 1. The lowest BCUT2D eigenvalue weighted by atomic mass is 10.0. The first kappa shape index (κ1) is 16.6. The summed E-state index contributed by atoms with van der Waals surface area (Å²) >= 11 is 0. The van der Waals surface area contributed by atoms with Crippen LogP contribution < -0.4 is 10.6 Å². The SMILES string of the molecule is C#CCCCCNC(=O)NC(CC(=O)O)c1ccccc1. The highest BCUT2D eigenvalue weighted by Crippen LogP contribution is 2.16. The predicted octanol–water partition coefficient (Wildman–Crippen LogP) is 2.31. The lowest BCUT2D eigenvalue weighted by molar-refractivity contribution is -0.137. The van der Waals surface area contributed by atoms with Gasteiger partial charge in [0.2, 0.25) is 0 Å². The molecule has 0 radical (unpaired) electrons. The zero-order valence-corrected chi connectivity index (χ0v) is 11.8. The van der Waals surface area contributed by atoms with Crippen molar-refractivity contribution in [2.75, 3.05) is 6.54 Å². The molecule has 0 heterocycles. The Kier molecular flexibility index (Phi) is 7.44. The second kappa shape index (κ2) is 9.43.